The van der Waals surface area contributed by atoms with E-state index in [4.69, 9.17) is 22.8 Å². The number of terminal acetylenes is 1. The molecule has 1 heterocycles. The van der Waals surface area contributed by atoms with Gasteiger partial charge in [0.05, 0.1) is 21.8 Å². The molecule has 0 N–H and O–H groups in total. The van der Waals surface area contributed by atoms with Crippen molar-refractivity contribution in [1.29, 1.82) is 0 Å². The molecule has 0 atom stereocenters. The van der Waals surface area contributed by atoms with Crippen LogP contribution in [0.25, 0.3) is 0 Å². The first-order valence-corrected chi connectivity index (χ1v) is 6.85. The number of ether oxygens (including phenoxy) is 1. The van der Waals surface area contributed by atoms with Crippen LogP contribution >= 0.6 is 11.6 Å². The van der Waals surface area contributed by atoms with Gasteiger partial charge in [0.2, 0.25) is 0 Å². The highest BCUT2D eigenvalue weighted by molar-refractivity contribution is 6.35. The largest absolute Gasteiger partial charge is 0.479 e. The van der Waals surface area contributed by atoms with Gasteiger partial charge in [0.1, 0.15) is 12.4 Å². The predicted molar refractivity (Wildman–Crippen MR) is 83.4 cm³/mol. The molecule has 2 amide bonds. The lowest BCUT2D eigenvalue weighted by atomic mass is 10.1. The molecule has 0 saturated heterocycles. The van der Waals surface area contributed by atoms with E-state index < -0.39 is 0 Å². The summed E-state index contributed by atoms with van der Waals surface area (Å²) in [5, 5.41) is 0.357. The van der Waals surface area contributed by atoms with Gasteiger partial charge in [-0.05, 0) is 24.3 Å². The fourth-order valence-electron chi connectivity index (χ4n) is 2.28. The molecule has 4 nitrogen and oxygen atoms in total. The Morgan fingerprint density at radius 2 is 1.73 bits per heavy atom. The van der Waals surface area contributed by atoms with Crippen molar-refractivity contribution in [3.63, 3.8) is 0 Å². The molecule has 0 unspecified atom stereocenters. The SMILES string of the molecule is C#CCOc1cc(N2C(=O)c3ccccc3C2=O)ccc1Cl. The maximum absolute atomic E-state index is 12.4. The molecule has 0 aromatic heterocycles. The van der Waals surface area contributed by atoms with Crippen molar-refractivity contribution in [2.45, 2.75) is 0 Å². The van der Waals surface area contributed by atoms with E-state index in [1.807, 2.05) is 0 Å². The highest BCUT2D eigenvalue weighted by atomic mass is 35.5. The lowest BCUT2D eigenvalue weighted by Gasteiger charge is -2.15. The van der Waals surface area contributed by atoms with Gasteiger partial charge in [-0.25, -0.2) is 4.90 Å². The van der Waals surface area contributed by atoms with Crippen molar-refractivity contribution in [1.82, 2.24) is 0 Å². The van der Waals surface area contributed by atoms with E-state index in [9.17, 15) is 9.59 Å². The maximum atomic E-state index is 12.4. The first kappa shape index (κ1) is 14.2. The van der Waals surface area contributed by atoms with Crippen molar-refractivity contribution in [3.8, 4) is 18.1 Å². The number of imide groups is 1. The minimum atomic E-state index is -0.370. The van der Waals surface area contributed by atoms with Crippen molar-refractivity contribution in [3.05, 3.63) is 58.6 Å². The summed E-state index contributed by atoms with van der Waals surface area (Å²) >= 11 is 6.02. The average molecular weight is 312 g/mol. The molecule has 5 heteroatoms. The molecule has 0 aliphatic carbocycles. The summed E-state index contributed by atoms with van der Waals surface area (Å²) in [4.78, 5) is 25.9. The molecule has 1 aliphatic rings. The molecule has 3 rings (SSSR count). The summed E-state index contributed by atoms with van der Waals surface area (Å²) in [5.74, 6) is 1.92. The molecule has 0 fully saturated rings. The summed E-state index contributed by atoms with van der Waals surface area (Å²) in [6.07, 6.45) is 5.15. The molecular weight excluding hydrogens is 302 g/mol. The number of amides is 2. The number of hydrogen-bond donors (Lipinski definition) is 0. The minimum Gasteiger partial charge on any atom is -0.479 e. The number of carbonyl (C=O) groups is 2. The fourth-order valence-corrected chi connectivity index (χ4v) is 2.46. The number of fused-ring (bicyclic) bond motifs is 1. The Hall–Kier alpha value is -2.77. The zero-order valence-electron chi connectivity index (χ0n) is 11.4. The van der Waals surface area contributed by atoms with Crippen molar-refractivity contribution in [2.24, 2.45) is 0 Å². The van der Waals surface area contributed by atoms with Gasteiger partial charge in [-0.15, -0.1) is 6.42 Å². The third-order valence-electron chi connectivity index (χ3n) is 3.28. The number of nitrogens with zero attached hydrogens (tertiary/aromatic N) is 1. The summed E-state index contributed by atoms with van der Waals surface area (Å²) in [5.41, 5.74) is 1.16. The van der Waals surface area contributed by atoms with Crippen LogP contribution < -0.4 is 9.64 Å². The molecule has 22 heavy (non-hydrogen) atoms. The quantitative estimate of drug-likeness (QED) is 0.646. The van der Waals surface area contributed by atoms with Crippen molar-refractivity contribution >= 4 is 29.1 Å². The molecule has 1 aliphatic heterocycles. The van der Waals surface area contributed by atoms with Crippen LogP contribution in [0.3, 0.4) is 0 Å². The van der Waals surface area contributed by atoms with Gasteiger partial charge >= 0.3 is 0 Å². The van der Waals surface area contributed by atoms with Crippen LogP contribution in [-0.2, 0) is 0 Å². The molecule has 0 radical (unpaired) electrons. The summed E-state index contributed by atoms with van der Waals surface area (Å²) in [6, 6.07) is 11.4. The third kappa shape index (κ3) is 2.22. The van der Waals surface area contributed by atoms with Crippen LogP contribution in [0, 0.1) is 12.3 Å². The number of benzene rings is 2. The zero-order chi connectivity index (χ0) is 15.7. The topological polar surface area (TPSA) is 46.6 Å². The normalized spacial score (nSPS) is 13.0. The van der Waals surface area contributed by atoms with Crippen LogP contribution in [0.4, 0.5) is 5.69 Å². The van der Waals surface area contributed by atoms with Gasteiger partial charge in [0, 0.05) is 6.07 Å². The fraction of sp³-hybridized carbons (Fsp3) is 0.0588. The third-order valence-corrected chi connectivity index (χ3v) is 3.59. The molecule has 2 aromatic rings. The van der Waals surface area contributed by atoms with E-state index in [-0.39, 0.29) is 18.4 Å². The summed E-state index contributed by atoms with van der Waals surface area (Å²) in [6.45, 7) is 0.0469. The zero-order valence-corrected chi connectivity index (χ0v) is 12.1. The number of rotatable bonds is 3. The van der Waals surface area contributed by atoms with E-state index in [2.05, 4.69) is 5.92 Å². The lowest BCUT2D eigenvalue weighted by Crippen LogP contribution is -2.29. The average Bonchev–Trinajstić information content (AvgIpc) is 2.79. The van der Waals surface area contributed by atoms with Crippen molar-refractivity contribution < 1.29 is 14.3 Å². The number of halogens is 1. The standard InChI is InChI=1S/C17H10ClNO3/c1-2-9-22-15-10-11(7-8-14(15)18)19-16(20)12-5-3-4-6-13(12)17(19)21/h1,3-8,10H,9H2. The van der Waals surface area contributed by atoms with E-state index in [0.29, 0.717) is 27.6 Å². The van der Waals surface area contributed by atoms with Crippen LogP contribution in [0.5, 0.6) is 5.75 Å². The smallest absolute Gasteiger partial charge is 0.266 e. The molecule has 2 aromatic carbocycles. The Balaban J connectivity index is 2.01. The first-order chi connectivity index (χ1) is 10.6. The maximum Gasteiger partial charge on any atom is 0.266 e. The summed E-state index contributed by atoms with van der Waals surface area (Å²) in [7, 11) is 0. The Labute approximate surface area is 132 Å². The highest BCUT2D eigenvalue weighted by Crippen LogP contribution is 2.33. The second kappa shape index (κ2) is 5.55. The second-order valence-corrected chi connectivity index (χ2v) is 5.01. The molecular formula is C17H10ClNO3. The van der Waals surface area contributed by atoms with Gasteiger partial charge in [-0.3, -0.25) is 9.59 Å². The van der Waals surface area contributed by atoms with Crippen LogP contribution in [-0.4, -0.2) is 18.4 Å². The van der Waals surface area contributed by atoms with E-state index >= 15 is 0 Å². The van der Waals surface area contributed by atoms with Gasteiger partial charge < -0.3 is 4.74 Å². The van der Waals surface area contributed by atoms with E-state index in [1.54, 1.807) is 36.4 Å². The Morgan fingerprint density at radius 3 is 2.32 bits per heavy atom. The Bertz CT molecular complexity index is 788. The highest BCUT2D eigenvalue weighted by Gasteiger charge is 2.36. The molecule has 0 spiro atoms. The number of anilines is 1. The lowest BCUT2D eigenvalue weighted by molar-refractivity contribution is 0.0926. The van der Waals surface area contributed by atoms with Gasteiger partial charge in [-0.1, -0.05) is 29.7 Å². The first-order valence-electron chi connectivity index (χ1n) is 6.47. The number of hydrogen-bond acceptors (Lipinski definition) is 3. The van der Waals surface area contributed by atoms with Gasteiger partial charge in [0.25, 0.3) is 11.8 Å². The number of carbonyl (C=O) groups excluding carboxylic acids is 2. The van der Waals surface area contributed by atoms with Gasteiger partial charge in [0.15, 0.2) is 0 Å². The van der Waals surface area contributed by atoms with E-state index in [0.717, 1.165) is 4.90 Å². The second-order valence-electron chi connectivity index (χ2n) is 4.60. The minimum absolute atomic E-state index is 0.0469. The molecule has 108 valence electrons. The Kier molecular flexibility index (Phi) is 3.58. The van der Waals surface area contributed by atoms with Gasteiger partial charge in [-0.2, -0.15) is 0 Å². The summed E-state index contributed by atoms with van der Waals surface area (Å²) < 4.78 is 5.32. The van der Waals surface area contributed by atoms with Crippen LogP contribution in [0.2, 0.25) is 5.02 Å². The van der Waals surface area contributed by atoms with Crippen LogP contribution in [0.15, 0.2) is 42.5 Å². The van der Waals surface area contributed by atoms with E-state index in [1.165, 1.54) is 6.07 Å². The molecule has 0 saturated carbocycles. The Morgan fingerprint density at radius 1 is 1.09 bits per heavy atom. The van der Waals surface area contributed by atoms with Crippen molar-refractivity contribution in [2.75, 3.05) is 11.5 Å². The monoisotopic (exact) mass is 311 g/mol. The molecule has 0 bridgehead atoms. The van der Waals surface area contributed by atoms with Crippen LogP contribution in [0.1, 0.15) is 20.7 Å². The predicted octanol–water partition coefficient (Wildman–Crippen LogP) is 3.15.